The van der Waals surface area contributed by atoms with Crippen LogP contribution in [0.2, 0.25) is 0 Å². The lowest BCUT2D eigenvalue weighted by Gasteiger charge is -2.13. The SMILES string of the molecule is CCN(N)c1nc2nccnc2c(=O)[nH]1.S. The zero-order chi connectivity index (χ0) is 10.8. The van der Waals surface area contributed by atoms with Gasteiger partial charge in [0.25, 0.3) is 5.56 Å². The molecule has 0 aliphatic carbocycles. The van der Waals surface area contributed by atoms with Gasteiger partial charge in [-0.2, -0.15) is 18.5 Å². The molecule has 0 fully saturated rings. The predicted octanol–water partition coefficient (Wildman–Crippen LogP) is -0.474. The molecule has 2 aromatic heterocycles. The quantitative estimate of drug-likeness (QED) is 0.543. The van der Waals surface area contributed by atoms with Crippen LogP contribution >= 0.6 is 13.5 Å². The van der Waals surface area contributed by atoms with Crippen LogP contribution in [-0.4, -0.2) is 26.5 Å². The molecular weight excluding hydrogens is 228 g/mol. The van der Waals surface area contributed by atoms with Crippen LogP contribution in [0.5, 0.6) is 0 Å². The molecule has 8 heteroatoms. The summed E-state index contributed by atoms with van der Waals surface area (Å²) in [6.45, 7) is 2.38. The van der Waals surface area contributed by atoms with Crippen molar-refractivity contribution in [2.45, 2.75) is 6.92 Å². The summed E-state index contributed by atoms with van der Waals surface area (Å²) in [7, 11) is 0. The number of nitrogens with one attached hydrogen (secondary N) is 1. The second-order valence-corrected chi connectivity index (χ2v) is 2.90. The van der Waals surface area contributed by atoms with Crippen LogP contribution < -0.4 is 16.4 Å². The second-order valence-electron chi connectivity index (χ2n) is 2.90. The fourth-order valence-corrected chi connectivity index (χ4v) is 1.15. The molecule has 0 saturated carbocycles. The summed E-state index contributed by atoms with van der Waals surface area (Å²) in [5.41, 5.74) is 0.165. The highest BCUT2D eigenvalue weighted by atomic mass is 32.1. The third-order valence-corrected chi connectivity index (χ3v) is 1.94. The Morgan fingerprint density at radius 1 is 1.44 bits per heavy atom. The number of rotatable bonds is 2. The summed E-state index contributed by atoms with van der Waals surface area (Å²) >= 11 is 0. The number of hydrogen-bond acceptors (Lipinski definition) is 6. The van der Waals surface area contributed by atoms with E-state index in [1.807, 2.05) is 6.92 Å². The van der Waals surface area contributed by atoms with Crippen molar-refractivity contribution < 1.29 is 0 Å². The average molecular weight is 240 g/mol. The maximum atomic E-state index is 11.5. The molecule has 0 bridgehead atoms. The van der Waals surface area contributed by atoms with Crippen LogP contribution in [0.4, 0.5) is 5.95 Å². The molecule has 0 unspecified atom stereocenters. The first kappa shape index (κ1) is 12.4. The molecule has 2 heterocycles. The third kappa shape index (κ3) is 2.12. The molecule has 2 aromatic rings. The number of nitrogens with zero attached hydrogens (tertiary/aromatic N) is 4. The normalized spacial score (nSPS) is 9.88. The van der Waals surface area contributed by atoms with Gasteiger partial charge in [-0.3, -0.25) is 14.8 Å². The van der Waals surface area contributed by atoms with E-state index >= 15 is 0 Å². The molecule has 0 spiro atoms. The first-order chi connectivity index (χ1) is 7.22. The number of H-pyrrole nitrogens is 1. The van der Waals surface area contributed by atoms with Crippen LogP contribution in [0.15, 0.2) is 17.2 Å². The number of aromatic amines is 1. The summed E-state index contributed by atoms with van der Waals surface area (Å²) in [4.78, 5) is 26.0. The first-order valence-corrected chi connectivity index (χ1v) is 4.45. The molecule has 0 radical (unpaired) electrons. The van der Waals surface area contributed by atoms with E-state index in [1.165, 1.54) is 17.4 Å². The van der Waals surface area contributed by atoms with E-state index in [1.54, 1.807) is 0 Å². The van der Waals surface area contributed by atoms with E-state index in [0.717, 1.165) is 0 Å². The summed E-state index contributed by atoms with van der Waals surface area (Å²) in [6, 6.07) is 0. The molecule has 0 aliphatic rings. The molecule has 0 aromatic carbocycles. The zero-order valence-corrected chi connectivity index (χ0v) is 9.64. The fraction of sp³-hybridized carbons (Fsp3) is 0.250. The predicted molar refractivity (Wildman–Crippen MR) is 65.5 cm³/mol. The number of nitrogens with two attached hydrogens (primary N) is 1. The maximum Gasteiger partial charge on any atom is 0.280 e. The zero-order valence-electron chi connectivity index (χ0n) is 8.64. The summed E-state index contributed by atoms with van der Waals surface area (Å²) in [5, 5.41) is 1.33. The van der Waals surface area contributed by atoms with Crippen molar-refractivity contribution in [1.82, 2.24) is 19.9 Å². The highest BCUT2D eigenvalue weighted by Crippen LogP contribution is 2.03. The van der Waals surface area contributed by atoms with E-state index in [0.29, 0.717) is 12.2 Å². The largest absolute Gasteiger partial charge is 0.289 e. The molecule has 86 valence electrons. The average Bonchev–Trinajstić information content (AvgIpc) is 2.28. The fourth-order valence-electron chi connectivity index (χ4n) is 1.15. The van der Waals surface area contributed by atoms with E-state index in [4.69, 9.17) is 5.84 Å². The van der Waals surface area contributed by atoms with E-state index in [-0.39, 0.29) is 30.5 Å². The van der Waals surface area contributed by atoms with Crippen LogP contribution in [0, 0.1) is 0 Å². The van der Waals surface area contributed by atoms with E-state index in [2.05, 4.69) is 19.9 Å². The summed E-state index contributed by atoms with van der Waals surface area (Å²) < 4.78 is 0. The smallest absolute Gasteiger partial charge is 0.280 e. The number of hydrogen-bond donors (Lipinski definition) is 2. The Labute approximate surface area is 98.1 Å². The van der Waals surface area contributed by atoms with Crippen molar-refractivity contribution in [1.29, 1.82) is 0 Å². The lowest BCUT2D eigenvalue weighted by molar-refractivity contribution is 0.838. The van der Waals surface area contributed by atoms with Gasteiger partial charge >= 0.3 is 0 Å². The summed E-state index contributed by atoms with van der Waals surface area (Å²) in [6.07, 6.45) is 2.92. The standard InChI is InChI=1S/C8H10N6O.H2S/c1-2-14(9)8-12-6-5(7(15)13-8)10-3-4-11-6;/h3-4H,2,9H2,1H3,(H,11,12,13,15);1H2. The van der Waals surface area contributed by atoms with Crippen molar-refractivity contribution in [3.05, 3.63) is 22.7 Å². The van der Waals surface area contributed by atoms with E-state index < -0.39 is 0 Å². The number of fused-ring (bicyclic) bond motifs is 1. The van der Waals surface area contributed by atoms with Crippen molar-refractivity contribution in [2.75, 3.05) is 11.6 Å². The molecular formula is C8H12N6OS. The van der Waals surface area contributed by atoms with Gasteiger partial charge in [0.1, 0.15) is 0 Å². The maximum absolute atomic E-state index is 11.5. The van der Waals surface area contributed by atoms with E-state index in [9.17, 15) is 4.79 Å². The van der Waals surface area contributed by atoms with Crippen LogP contribution in [-0.2, 0) is 0 Å². The Bertz CT molecular complexity index is 541. The first-order valence-electron chi connectivity index (χ1n) is 4.45. The van der Waals surface area contributed by atoms with Gasteiger partial charge in [0.05, 0.1) is 0 Å². The lowest BCUT2D eigenvalue weighted by atomic mass is 10.5. The number of aromatic nitrogens is 4. The van der Waals surface area contributed by atoms with Gasteiger partial charge in [0, 0.05) is 18.9 Å². The van der Waals surface area contributed by atoms with Gasteiger partial charge in [0.2, 0.25) is 5.95 Å². The van der Waals surface area contributed by atoms with Crippen molar-refractivity contribution in [2.24, 2.45) is 5.84 Å². The second kappa shape index (κ2) is 4.90. The molecule has 0 aliphatic heterocycles. The molecule has 3 N–H and O–H groups in total. The number of anilines is 1. The molecule has 2 rings (SSSR count). The van der Waals surface area contributed by atoms with Gasteiger partial charge in [0.15, 0.2) is 11.2 Å². The lowest BCUT2D eigenvalue weighted by Crippen LogP contribution is -2.33. The summed E-state index contributed by atoms with van der Waals surface area (Å²) in [5.74, 6) is 5.89. The Morgan fingerprint density at radius 3 is 2.81 bits per heavy atom. The van der Waals surface area contributed by atoms with Gasteiger partial charge < -0.3 is 0 Å². The Kier molecular flexibility index (Phi) is 3.80. The highest BCUT2D eigenvalue weighted by molar-refractivity contribution is 7.59. The highest BCUT2D eigenvalue weighted by Gasteiger charge is 2.07. The molecule has 16 heavy (non-hydrogen) atoms. The topological polar surface area (TPSA) is 101 Å². The Balaban J connectivity index is 0.00000128. The van der Waals surface area contributed by atoms with Gasteiger partial charge in [-0.1, -0.05) is 0 Å². The van der Waals surface area contributed by atoms with Crippen molar-refractivity contribution >= 4 is 30.6 Å². The van der Waals surface area contributed by atoms with Crippen molar-refractivity contribution in [3.63, 3.8) is 0 Å². The minimum absolute atomic E-state index is 0. The Morgan fingerprint density at radius 2 is 2.12 bits per heavy atom. The molecule has 0 atom stereocenters. The minimum Gasteiger partial charge on any atom is -0.289 e. The van der Waals surface area contributed by atoms with Gasteiger partial charge in [-0.25, -0.2) is 15.8 Å². The number of hydrazine groups is 1. The molecule has 0 saturated heterocycles. The van der Waals surface area contributed by atoms with Crippen molar-refractivity contribution in [3.8, 4) is 0 Å². The van der Waals surface area contributed by atoms with Crippen LogP contribution in [0.3, 0.4) is 0 Å². The van der Waals surface area contributed by atoms with Gasteiger partial charge in [-0.05, 0) is 6.92 Å². The monoisotopic (exact) mass is 240 g/mol. The third-order valence-electron chi connectivity index (χ3n) is 1.94. The van der Waals surface area contributed by atoms with Gasteiger partial charge in [-0.15, -0.1) is 0 Å². The van der Waals surface area contributed by atoms with Crippen LogP contribution in [0.25, 0.3) is 11.2 Å². The Hall–Kier alpha value is -1.67. The van der Waals surface area contributed by atoms with Crippen LogP contribution in [0.1, 0.15) is 6.92 Å². The molecule has 0 amide bonds. The minimum atomic E-state index is -0.341. The molecule has 7 nitrogen and oxygen atoms in total.